The first-order chi connectivity index (χ1) is 6.57. The van der Waals surface area contributed by atoms with Crippen LogP contribution in [0.5, 0.6) is 0 Å². The molecule has 14 heavy (non-hydrogen) atoms. The van der Waals surface area contributed by atoms with Crippen LogP contribution in [0.1, 0.15) is 33.1 Å². The van der Waals surface area contributed by atoms with Crippen molar-refractivity contribution in [3.8, 4) is 0 Å². The molecule has 0 rings (SSSR count). The van der Waals surface area contributed by atoms with E-state index in [-0.39, 0.29) is 5.92 Å². The number of hydrogen-bond acceptors (Lipinski definition) is 3. The Hall–Kier alpha value is -0.900. The first-order valence-electron chi connectivity index (χ1n) is 5.07. The fraction of sp³-hybridized carbons (Fsp3) is 0.800. The predicted octanol–water partition coefficient (Wildman–Crippen LogP) is 1.51. The van der Waals surface area contributed by atoms with Crippen LogP contribution in [-0.2, 0) is 4.79 Å². The van der Waals surface area contributed by atoms with Crippen molar-refractivity contribution in [1.82, 2.24) is 5.32 Å². The molecule has 4 nitrogen and oxygen atoms in total. The van der Waals surface area contributed by atoms with Gasteiger partial charge in [0.15, 0.2) is 0 Å². The van der Waals surface area contributed by atoms with Crippen molar-refractivity contribution in [1.29, 1.82) is 5.41 Å². The lowest BCUT2D eigenvalue weighted by atomic mass is 10.1. The highest BCUT2D eigenvalue weighted by molar-refractivity contribution is 5.81. The van der Waals surface area contributed by atoms with Crippen LogP contribution in [0, 0.1) is 11.3 Å². The van der Waals surface area contributed by atoms with Gasteiger partial charge >= 0.3 is 5.97 Å². The fourth-order valence-electron chi connectivity index (χ4n) is 1.07. The third-order valence-electron chi connectivity index (χ3n) is 2.03. The molecule has 82 valence electrons. The Bertz CT molecular complexity index is 193. The number of carbonyl (C=O) groups is 1. The second kappa shape index (κ2) is 7.50. The highest BCUT2D eigenvalue weighted by atomic mass is 16.4. The van der Waals surface area contributed by atoms with Crippen LogP contribution in [0.15, 0.2) is 0 Å². The van der Waals surface area contributed by atoms with Crippen molar-refractivity contribution in [3.05, 3.63) is 0 Å². The number of aliphatic carboxylic acids is 1. The molecule has 0 saturated heterocycles. The van der Waals surface area contributed by atoms with Gasteiger partial charge in [0.25, 0.3) is 0 Å². The molecule has 0 aliphatic rings. The summed E-state index contributed by atoms with van der Waals surface area (Å²) >= 11 is 0. The molecule has 0 heterocycles. The van der Waals surface area contributed by atoms with Crippen molar-refractivity contribution >= 4 is 11.7 Å². The molecule has 0 aliphatic carbocycles. The topological polar surface area (TPSA) is 73.2 Å². The van der Waals surface area contributed by atoms with Gasteiger partial charge in [-0.3, -0.25) is 4.79 Å². The van der Waals surface area contributed by atoms with Gasteiger partial charge in [0.2, 0.25) is 0 Å². The number of carboxylic acid groups (broad SMARTS) is 1. The van der Waals surface area contributed by atoms with E-state index < -0.39 is 5.97 Å². The van der Waals surface area contributed by atoms with E-state index in [9.17, 15) is 4.79 Å². The Kier molecular flexibility index (Phi) is 7.02. The van der Waals surface area contributed by atoms with Gasteiger partial charge in [0, 0.05) is 18.8 Å². The van der Waals surface area contributed by atoms with Crippen LogP contribution in [-0.4, -0.2) is 29.9 Å². The highest BCUT2D eigenvalue weighted by Crippen LogP contribution is 1.95. The third-order valence-corrected chi connectivity index (χ3v) is 2.03. The summed E-state index contributed by atoms with van der Waals surface area (Å²) in [5.74, 6) is -1.13. The summed E-state index contributed by atoms with van der Waals surface area (Å²) in [5, 5.41) is 19.1. The van der Waals surface area contributed by atoms with Crippen LogP contribution in [0.3, 0.4) is 0 Å². The molecule has 1 unspecified atom stereocenters. The smallest absolute Gasteiger partial charge is 0.307 e. The third kappa shape index (κ3) is 6.60. The summed E-state index contributed by atoms with van der Waals surface area (Å²) < 4.78 is 0. The van der Waals surface area contributed by atoms with Crippen LogP contribution in [0.25, 0.3) is 0 Å². The molecular weight excluding hydrogens is 180 g/mol. The zero-order valence-electron chi connectivity index (χ0n) is 8.97. The Morgan fingerprint density at radius 3 is 2.64 bits per heavy atom. The quantitative estimate of drug-likeness (QED) is 0.410. The van der Waals surface area contributed by atoms with Gasteiger partial charge in [0.05, 0.1) is 5.92 Å². The van der Waals surface area contributed by atoms with Crippen molar-refractivity contribution in [2.45, 2.75) is 33.1 Å². The second-order valence-electron chi connectivity index (χ2n) is 3.55. The monoisotopic (exact) mass is 200 g/mol. The number of hydrogen-bond donors (Lipinski definition) is 3. The maximum absolute atomic E-state index is 10.4. The molecule has 0 aliphatic heterocycles. The van der Waals surface area contributed by atoms with Crippen LogP contribution < -0.4 is 5.32 Å². The van der Waals surface area contributed by atoms with Crippen molar-refractivity contribution < 1.29 is 9.90 Å². The lowest BCUT2D eigenvalue weighted by Crippen LogP contribution is -2.27. The maximum Gasteiger partial charge on any atom is 0.307 e. The van der Waals surface area contributed by atoms with Crippen LogP contribution in [0.4, 0.5) is 0 Å². The number of nitrogens with one attached hydrogen (secondary N) is 2. The lowest BCUT2D eigenvalue weighted by Gasteiger charge is -2.08. The van der Waals surface area contributed by atoms with Gasteiger partial charge in [-0.15, -0.1) is 0 Å². The van der Waals surface area contributed by atoms with E-state index in [4.69, 9.17) is 10.5 Å². The summed E-state index contributed by atoms with van der Waals surface area (Å²) in [6, 6.07) is 0. The Morgan fingerprint density at radius 2 is 2.14 bits per heavy atom. The zero-order chi connectivity index (χ0) is 11.0. The van der Waals surface area contributed by atoms with E-state index >= 15 is 0 Å². The first-order valence-corrected chi connectivity index (χ1v) is 5.07. The molecule has 0 saturated carbocycles. The van der Waals surface area contributed by atoms with Crippen LogP contribution in [0.2, 0.25) is 0 Å². The molecule has 0 amide bonds. The molecule has 0 fully saturated rings. The van der Waals surface area contributed by atoms with E-state index in [0.717, 1.165) is 25.0 Å². The molecule has 1 atom stereocenters. The molecule has 0 aromatic heterocycles. The summed E-state index contributed by atoms with van der Waals surface area (Å²) in [4.78, 5) is 10.4. The second-order valence-corrected chi connectivity index (χ2v) is 3.55. The Labute approximate surface area is 85.2 Å². The van der Waals surface area contributed by atoms with Gasteiger partial charge < -0.3 is 15.8 Å². The minimum Gasteiger partial charge on any atom is -0.481 e. The SMILES string of the molecule is CCCC(=N)CCNCC(C)C(=O)O. The standard InChI is InChI=1S/C10H20N2O2/c1-3-4-9(11)5-6-12-7-8(2)10(13)14/h8,11-12H,3-7H2,1-2H3,(H,13,14). The summed E-state index contributed by atoms with van der Waals surface area (Å²) in [6.45, 7) is 4.91. The predicted molar refractivity (Wildman–Crippen MR) is 56.9 cm³/mol. The average molecular weight is 200 g/mol. The average Bonchev–Trinajstić information content (AvgIpc) is 2.12. The van der Waals surface area contributed by atoms with Crippen molar-refractivity contribution in [2.24, 2.45) is 5.92 Å². The zero-order valence-corrected chi connectivity index (χ0v) is 8.97. The minimum atomic E-state index is -0.777. The van der Waals surface area contributed by atoms with E-state index in [1.807, 2.05) is 0 Å². The van der Waals surface area contributed by atoms with E-state index in [1.54, 1.807) is 6.92 Å². The maximum atomic E-state index is 10.4. The van der Waals surface area contributed by atoms with Gasteiger partial charge in [-0.05, 0) is 12.8 Å². The van der Waals surface area contributed by atoms with E-state index in [2.05, 4.69) is 12.2 Å². The largest absolute Gasteiger partial charge is 0.481 e. The first kappa shape index (κ1) is 13.1. The van der Waals surface area contributed by atoms with Gasteiger partial charge in [-0.25, -0.2) is 0 Å². The molecule has 0 spiro atoms. The molecule has 0 aromatic carbocycles. The molecular formula is C10H20N2O2. The fourth-order valence-corrected chi connectivity index (χ4v) is 1.07. The minimum absolute atomic E-state index is 0.352. The number of rotatable bonds is 8. The Morgan fingerprint density at radius 1 is 1.50 bits per heavy atom. The van der Waals surface area contributed by atoms with Gasteiger partial charge in [-0.2, -0.15) is 0 Å². The normalized spacial score (nSPS) is 12.4. The van der Waals surface area contributed by atoms with Crippen molar-refractivity contribution in [2.75, 3.05) is 13.1 Å². The molecule has 3 N–H and O–H groups in total. The number of carboxylic acids is 1. The summed E-state index contributed by atoms with van der Waals surface area (Å²) in [7, 11) is 0. The van der Waals surface area contributed by atoms with E-state index in [0.29, 0.717) is 13.1 Å². The summed E-state index contributed by atoms with van der Waals surface area (Å²) in [6.07, 6.45) is 2.57. The highest BCUT2D eigenvalue weighted by Gasteiger charge is 2.09. The summed E-state index contributed by atoms with van der Waals surface area (Å²) in [5.41, 5.74) is 0.739. The molecule has 4 heteroatoms. The molecule has 0 aromatic rings. The van der Waals surface area contributed by atoms with E-state index in [1.165, 1.54) is 0 Å². The molecule has 0 radical (unpaired) electrons. The van der Waals surface area contributed by atoms with Gasteiger partial charge in [-0.1, -0.05) is 20.3 Å². The van der Waals surface area contributed by atoms with Gasteiger partial charge in [0.1, 0.15) is 0 Å². The lowest BCUT2D eigenvalue weighted by molar-refractivity contribution is -0.140. The Balaban J connectivity index is 3.37. The molecule has 0 bridgehead atoms. The van der Waals surface area contributed by atoms with Crippen molar-refractivity contribution in [3.63, 3.8) is 0 Å². The van der Waals surface area contributed by atoms with Crippen LogP contribution >= 0.6 is 0 Å².